The number of nitrogens with one attached hydrogen (secondary N) is 1. The van der Waals surface area contributed by atoms with Crippen molar-refractivity contribution in [2.75, 3.05) is 13.2 Å². The van der Waals surface area contributed by atoms with Crippen LogP contribution in [0.2, 0.25) is 0 Å². The number of hydrogen-bond donors (Lipinski definition) is 1. The maximum Gasteiger partial charge on any atom is 0.307 e. The van der Waals surface area contributed by atoms with E-state index < -0.39 is 0 Å². The van der Waals surface area contributed by atoms with E-state index in [4.69, 9.17) is 4.74 Å². The average Bonchev–Trinajstić information content (AvgIpc) is 2.45. The van der Waals surface area contributed by atoms with E-state index in [2.05, 4.69) is 57.3 Å². The van der Waals surface area contributed by atoms with Gasteiger partial charge in [-0.3, -0.25) is 4.79 Å². The van der Waals surface area contributed by atoms with Crippen molar-refractivity contribution in [1.29, 1.82) is 0 Å². The third-order valence-corrected chi connectivity index (χ3v) is 3.78. The molecule has 0 aliphatic heterocycles. The molecule has 0 saturated heterocycles. The third-order valence-electron chi connectivity index (χ3n) is 3.78. The van der Waals surface area contributed by atoms with Gasteiger partial charge in [0, 0.05) is 0 Å². The van der Waals surface area contributed by atoms with Crippen LogP contribution in [0.15, 0.2) is 24.3 Å². The van der Waals surface area contributed by atoms with Crippen molar-refractivity contribution < 1.29 is 9.53 Å². The minimum atomic E-state index is -0.377. The minimum Gasteiger partial charge on any atom is -0.466 e. The minimum absolute atomic E-state index is 0.156. The zero-order valence-corrected chi connectivity index (χ0v) is 14.0. The number of esters is 1. The fourth-order valence-corrected chi connectivity index (χ4v) is 2.40. The van der Waals surface area contributed by atoms with Crippen molar-refractivity contribution in [3.05, 3.63) is 35.4 Å². The average molecular weight is 291 g/mol. The maximum absolute atomic E-state index is 11.9. The lowest BCUT2D eigenvalue weighted by atomic mass is 9.87. The summed E-state index contributed by atoms with van der Waals surface area (Å²) < 4.78 is 5.12. The first-order chi connectivity index (χ1) is 9.92. The molecular formula is C18H29NO2. The second-order valence-corrected chi connectivity index (χ2v) is 6.02. The number of ether oxygens (including phenoxy) is 1. The normalized spacial score (nSPS) is 14.0. The van der Waals surface area contributed by atoms with E-state index in [9.17, 15) is 4.79 Å². The van der Waals surface area contributed by atoms with E-state index in [1.807, 2.05) is 6.92 Å². The van der Waals surface area contributed by atoms with E-state index >= 15 is 0 Å². The fourth-order valence-electron chi connectivity index (χ4n) is 2.40. The zero-order valence-electron chi connectivity index (χ0n) is 14.0. The molecule has 1 unspecified atom stereocenters. The second kappa shape index (κ2) is 8.18. The van der Waals surface area contributed by atoms with Crippen LogP contribution in [0.25, 0.3) is 0 Å². The van der Waals surface area contributed by atoms with E-state index in [1.165, 1.54) is 5.56 Å². The predicted molar refractivity (Wildman–Crippen MR) is 87.4 cm³/mol. The summed E-state index contributed by atoms with van der Waals surface area (Å²) in [4.78, 5) is 11.9. The van der Waals surface area contributed by atoms with Crippen molar-refractivity contribution in [3.63, 3.8) is 0 Å². The molecule has 118 valence electrons. The number of hydrogen-bond acceptors (Lipinski definition) is 3. The Morgan fingerprint density at radius 2 is 1.86 bits per heavy atom. The first-order valence-electron chi connectivity index (χ1n) is 7.94. The Bertz CT molecular complexity index is 439. The highest BCUT2D eigenvalue weighted by Crippen LogP contribution is 2.27. The van der Waals surface area contributed by atoms with E-state index in [0.717, 1.165) is 18.5 Å². The molecule has 1 atom stereocenters. The summed E-state index contributed by atoms with van der Waals surface area (Å²) in [6.45, 7) is 11.7. The fraction of sp³-hybridized carbons (Fsp3) is 0.611. The SMILES string of the molecule is CCCNC(C)(CC(=O)OCC)c1ccc(C(C)C)cc1. The second-order valence-electron chi connectivity index (χ2n) is 6.02. The standard InChI is InChI=1S/C18H29NO2/c1-6-12-19-18(5,13-17(20)21-7-2)16-10-8-15(9-11-16)14(3)4/h8-11,14,19H,6-7,12-13H2,1-5H3. The number of carbonyl (C=O) groups excluding carboxylic acids is 1. The Balaban J connectivity index is 2.96. The maximum atomic E-state index is 11.9. The molecule has 0 bridgehead atoms. The summed E-state index contributed by atoms with van der Waals surface area (Å²) in [5.41, 5.74) is 2.07. The summed E-state index contributed by atoms with van der Waals surface area (Å²) in [6, 6.07) is 8.54. The lowest BCUT2D eigenvalue weighted by Gasteiger charge is -2.31. The Hall–Kier alpha value is -1.35. The molecule has 0 amide bonds. The van der Waals surface area contributed by atoms with Crippen molar-refractivity contribution >= 4 is 5.97 Å². The highest BCUT2D eigenvalue weighted by molar-refractivity contribution is 5.71. The van der Waals surface area contributed by atoms with Gasteiger partial charge >= 0.3 is 5.97 Å². The Morgan fingerprint density at radius 3 is 2.33 bits per heavy atom. The molecule has 1 rings (SSSR count). The molecule has 3 heteroatoms. The van der Waals surface area contributed by atoms with Gasteiger partial charge < -0.3 is 10.1 Å². The summed E-state index contributed by atoms with van der Waals surface area (Å²) in [5.74, 6) is 0.357. The van der Waals surface area contributed by atoms with Gasteiger partial charge in [-0.05, 0) is 43.9 Å². The van der Waals surface area contributed by atoms with Crippen LogP contribution >= 0.6 is 0 Å². The van der Waals surface area contributed by atoms with Crippen LogP contribution in [0.1, 0.15) is 64.5 Å². The van der Waals surface area contributed by atoms with Crippen molar-refractivity contribution in [2.45, 2.75) is 58.9 Å². The van der Waals surface area contributed by atoms with Crippen LogP contribution in [-0.2, 0) is 15.1 Å². The lowest BCUT2D eigenvalue weighted by molar-refractivity contribution is -0.144. The molecule has 1 N–H and O–H groups in total. The first-order valence-corrected chi connectivity index (χ1v) is 7.94. The molecule has 0 saturated carbocycles. The summed E-state index contributed by atoms with van der Waals surface area (Å²) in [5, 5.41) is 3.50. The molecule has 21 heavy (non-hydrogen) atoms. The van der Waals surface area contributed by atoms with Gasteiger partial charge in [-0.2, -0.15) is 0 Å². The third kappa shape index (κ3) is 5.16. The topological polar surface area (TPSA) is 38.3 Å². The van der Waals surface area contributed by atoms with Gasteiger partial charge in [0.2, 0.25) is 0 Å². The molecule has 0 radical (unpaired) electrons. The molecule has 0 spiro atoms. The zero-order chi connectivity index (χ0) is 15.9. The van der Waals surface area contributed by atoms with Gasteiger partial charge in [0.1, 0.15) is 0 Å². The molecule has 0 aliphatic rings. The Kier molecular flexibility index (Phi) is 6.90. The van der Waals surface area contributed by atoms with Crippen molar-refractivity contribution in [2.24, 2.45) is 0 Å². The quantitative estimate of drug-likeness (QED) is 0.736. The molecule has 0 aliphatic carbocycles. The number of carbonyl (C=O) groups is 1. The van der Waals surface area contributed by atoms with E-state index in [1.54, 1.807) is 0 Å². The molecule has 3 nitrogen and oxygen atoms in total. The molecule has 1 aromatic carbocycles. The van der Waals surface area contributed by atoms with Gasteiger partial charge in [0.05, 0.1) is 18.6 Å². The molecule has 0 aromatic heterocycles. The van der Waals surface area contributed by atoms with Crippen LogP contribution in [0.4, 0.5) is 0 Å². The van der Waals surface area contributed by atoms with Crippen molar-refractivity contribution in [3.8, 4) is 0 Å². The van der Waals surface area contributed by atoms with Crippen LogP contribution in [0.5, 0.6) is 0 Å². The van der Waals surface area contributed by atoms with E-state index in [-0.39, 0.29) is 11.5 Å². The van der Waals surface area contributed by atoms with Gasteiger partial charge in [0.15, 0.2) is 0 Å². The van der Waals surface area contributed by atoms with Crippen LogP contribution < -0.4 is 5.32 Å². The van der Waals surface area contributed by atoms with Gasteiger partial charge in [-0.15, -0.1) is 0 Å². The van der Waals surface area contributed by atoms with Gasteiger partial charge in [-0.25, -0.2) is 0 Å². The Morgan fingerprint density at radius 1 is 1.24 bits per heavy atom. The summed E-state index contributed by atoms with van der Waals surface area (Å²) >= 11 is 0. The highest BCUT2D eigenvalue weighted by Gasteiger charge is 2.29. The number of rotatable bonds is 8. The number of benzene rings is 1. The monoisotopic (exact) mass is 291 g/mol. The lowest BCUT2D eigenvalue weighted by Crippen LogP contribution is -2.42. The highest BCUT2D eigenvalue weighted by atomic mass is 16.5. The smallest absolute Gasteiger partial charge is 0.307 e. The van der Waals surface area contributed by atoms with Crippen LogP contribution in [-0.4, -0.2) is 19.1 Å². The Labute approximate surface area is 129 Å². The molecular weight excluding hydrogens is 262 g/mol. The van der Waals surface area contributed by atoms with Gasteiger partial charge in [-0.1, -0.05) is 45.0 Å². The first kappa shape index (κ1) is 17.7. The summed E-state index contributed by atoms with van der Waals surface area (Å²) in [7, 11) is 0. The van der Waals surface area contributed by atoms with Crippen LogP contribution in [0.3, 0.4) is 0 Å². The molecule has 0 heterocycles. The van der Waals surface area contributed by atoms with E-state index in [0.29, 0.717) is 18.9 Å². The predicted octanol–water partition coefficient (Wildman–Crippen LogP) is 3.98. The van der Waals surface area contributed by atoms with Crippen molar-refractivity contribution in [1.82, 2.24) is 5.32 Å². The summed E-state index contributed by atoms with van der Waals surface area (Å²) in [6.07, 6.45) is 1.38. The van der Waals surface area contributed by atoms with Gasteiger partial charge in [0.25, 0.3) is 0 Å². The molecule has 1 aromatic rings. The molecule has 0 fully saturated rings. The largest absolute Gasteiger partial charge is 0.466 e. The van der Waals surface area contributed by atoms with Crippen LogP contribution in [0, 0.1) is 0 Å².